The minimum Gasteiger partial charge on any atom is -0.392 e. The van der Waals surface area contributed by atoms with Crippen molar-refractivity contribution in [1.82, 2.24) is 0 Å². The maximum Gasteiger partial charge on any atom is 0.0614 e. The molecule has 0 amide bonds. The quantitative estimate of drug-likeness (QED) is 0.480. The third kappa shape index (κ3) is 13.7. The molecule has 0 unspecified atom stereocenters. The Morgan fingerprint density at radius 3 is 1.38 bits per heavy atom. The van der Waals surface area contributed by atoms with Gasteiger partial charge in [0, 0.05) is 0 Å². The fourth-order valence-corrected chi connectivity index (χ4v) is 2.14. The normalized spacial score (nSPS) is 13.5. The average Bonchev–Trinajstić information content (AvgIpc) is 2.38. The second-order valence-corrected chi connectivity index (χ2v) is 6.23. The number of aliphatic hydroxyl groups excluding tert-OH is 1. The molecule has 21 heavy (non-hydrogen) atoms. The van der Waals surface area contributed by atoms with Crippen LogP contribution in [0, 0.1) is 0 Å². The van der Waals surface area contributed by atoms with E-state index in [4.69, 9.17) is 5.11 Å². The van der Waals surface area contributed by atoms with Crippen LogP contribution >= 0.6 is 0 Å². The molecule has 1 heteroatoms. The smallest absolute Gasteiger partial charge is 0.0614 e. The molecule has 0 saturated carbocycles. The van der Waals surface area contributed by atoms with Gasteiger partial charge in [-0.3, -0.25) is 0 Å². The molecule has 0 bridgehead atoms. The molecular formula is C20H34O. The van der Waals surface area contributed by atoms with Crippen molar-refractivity contribution in [3.8, 4) is 0 Å². The van der Waals surface area contributed by atoms with Crippen LogP contribution in [0.1, 0.15) is 73.1 Å². The summed E-state index contributed by atoms with van der Waals surface area (Å²) in [5.41, 5.74) is 5.66. The van der Waals surface area contributed by atoms with Gasteiger partial charge in [0.05, 0.1) is 6.61 Å². The van der Waals surface area contributed by atoms with Gasteiger partial charge in [0.15, 0.2) is 0 Å². The van der Waals surface area contributed by atoms with E-state index in [0.29, 0.717) is 0 Å². The highest BCUT2D eigenvalue weighted by Gasteiger charge is 1.93. The van der Waals surface area contributed by atoms with Crippen molar-refractivity contribution >= 4 is 0 Å². The van der Waals surface area contributed by atoms with Gasteiger partial charge < -0.3 is 5.11 Å². The van der Waals surface area contributed by atoms with Crippen LogP contribution in [0.3, 0.4) is 0 Å². The molecule has 0 spiro atoms. The van der Waals surface area contributed by atoms with E-state index in [-0.39, 0.29) is 6.61 Å². The highest BCUT2D eigenvalue weighted by Crippen LogP contribution is 2.13. The van der Waals surface area contributed by atoms with Crippen LogP contribution < -0.4 is 0 Å². The Labute approximate surface area is 132 Å². The highest BCUT2D eigenvalue weighted by atomic mass is 16.2. The van der Waals surface area contributed by atoms with Crippen LogP contribution in [0.5, 0.6) is 0 Å². The lowest BCUT2D eigenvalue weighted by atomic mass is 10.0. The monoisotopic (exact) mass is 290 g/mol. The number of rotatable bonds is 10. The first-order chi connectivity index (χ1) is 9.95. The Balaban J connectivity index is 3.93. The van der Waals surface area contributed by atoms with Crippen LogP contribution in [0.2, 0.25) is 0 Å². The zero-order chi connectivity index (χ0) is 16.1. The molecule has 0 aliphatic carbocycles. The maximum atomic E-state index is 8.80. The molecule has 120 valence electrons. The zero-order valence-electron chi connectivity index (χ0n) is 14.7. The molecule has 0 radical (unpaired) electrons. The van der Waals surface area contributed by atoms with Gasteiger partial charge in [-0.15, -0.1) is 0 Å². The zero-order valence-corrected chi connectivity index (χ0v) is 14.7. The van der Waals surface area contributed by atoms with Crippen molar-refractivity contribution in [2.45, 2.75) is 73.1 Å². The van der Waals surface area contributed by atoms with Crippen molar-refractivity contribution in [1.29, 1.82) is 0 Å². The van der Waals surface area contributed by atoms with Crippen molar-refractivity contribution < 1.29 is 5.11 Å². The molecule has 0 aromatic rings. The molecule has 0 aromatic heterocycles. The molecule has 0 aliphatic rings. The van der Waals surface area contributed by atoms with E-state index in [2.05, 4.69) is 52.8 Å². The Morgan fingerprint density at radius 2 is 1.00 bits per heavy atom. The fourth-order valence-electron chi connectivity index (χ4n) is 2.14. The first-order valence-corrected chi connectivity index (χ1v) is 8.16. The minimum absolute atomic E-state index is 0.158. The van der Waals surface area contributed by atoms with E-state index in [1.54, 1.807) is 0 Å². The molecule has 1 nitrogen and oxygen atoms in total. The lowest BCUT2D eigenvalue weighted by Crippen LogP contribution is -1.83. The van der Waals surface area contributed by atoms with Crippen LogP contribution in [0.25, 0.3) is 0 Å². The van der Waals surface area contributed by atoms with Crippen LogP contribution in [-0.4, -0.2) is 11.7 Å². The summed E-state index contributed by atoms with van der Waals surface area (Å²) in [7, 11) is 0. The number of hydrogen-bond donors (Lipinski definition) is 1. The lowest BCUT2D eigenvalue weighted by molar-refractivity contribution is 0.341. The molecule has 0 aliphatic heterocycles. The molecule has 0 aromatic carbocycles. The summed E-state index contributed by atoms with van der Waals surface area (Å²) >= 11 is 0. The number of aliphatic hydroxyl groups is 1. The van der Waals surface area contributed by atoms with Gasteiger partial charge >= 0.3 is 0 Å². The van der Waals surface area contributed by atoms with Gasteiger partial charge in [-0.05, 0) is 73.1 Å². The van der Waals surface area contributed by atoms with Gasteiger partial charge in [0.1, 0.15) is 0 Å². The lowest BCUT2D eigenvalue weighted by Gasteiger charge is -2.02. The standard InChI is InChI=1S/C20H34O/c1-17(2)9-6-10-18(3)11-7-12-19(4)13-8-14-20(5)15-16-21/h9,11,13,15,21H,6-8,10,12,14,16H2,1-5H3/b18-11?,19-13?,20-15+. The first-order valence-electron chi connectivity index (χ1n) is 8.16. The van der Waals surface area contributed by atoms with E-state index in [1.165, 1.54) is 28.7 Å². The molecule has 0 fully saturated rings. The van der Waals surface area contributed by atoms with Crippen LogP contribution in [-0.2, 0) is 0 Å². The summed E-state index contributed by atoms with van der Waals surface area (Å²) in [4.78, 5) is 0. The SMILES string of the molecule is CC(C)=CCCC(C)=CCCC(C)=CCC/C(C)=C/CO. The summed E-state index contributed by atoms with van der Waals surface area (Å²) in [6.07, 6.45) is 15.7. The average molecular weight is 290 g/mol. The molecular weight excluding hydrogens is 256 g/mol. The minimum atomic E-state index is 0.158. The van der Waals surface area contributed by atoms with Gasteiger partial charge in [0.25, 0.3) is 0 Å². The first kappa shape index (κ1) is 19.9. The van der Waals surface area contributed by atoms with Gasteiger partial charge in [-0.2, -0.15) is 0 Å². The molecule has 0 heterocycles. The van der Waals surface area contributed by atoms with E-state index in [9.17, 15) is 0 Å². The Morgan fingerprint density at radius 1 is 0.619 bits per heavy atom. The van der Waals surface area contributed by atoms with Crippen LogP contribution in [0.4, 0.5) is 0 Å². The second-order valence-electron chi connectivity index (χ2n) is 6.23. The number of hydrogen-bond acceptors (Lipinski definition) is 1. The topological polar surface area (TPSA) is 20.2 Å². The second kappa shape index (κ2) is 12.6. The third-order valence-corrected chi connectivity index (χ3v) is 3.59. The molecule has 0 atom stereocenters. The van der Waals surface area contributed by atoms with E-state index in [1.807, 2.05) is 6.08 Å². The number of allylic oxidation sites excluding steroid dienone is 7. The third-order valence-electron chi connectivity index (χ3n) is 3.59. The maximum absolute atomic E-state index is 8.80. The van der Waals surface area contributed by atoms with Crippen molar-refractivity contribution in [3.05, 3.63) is 46.6 Å². The summed E-state index contributed by atoms with van der Waals surface area (Å²) in [6, 6.07) is 0. The Hall–Kier alpha value is -1.08. The fraction of sp³-hybridized carbons (Fsp3) is 0.600. The summed E-state index contributed by atoms with van der Waals surface area (Å²) in [6.45, 7) is 11.0. The van der Waals surface area contributed by atoms with Gasteiger partial charge in [-0.1, -0.05) is 46.6 Å². The highest BCUT2D eigenvalue weighted by molar-refractivity contribution is 5.07. The largest absolute Gasteiger partial charge is 0.392 e. The predicted octanol–water partition coefficient (Wildman–Crippen LogP) is 6.12. The van der Waals surface area contributed by atoms with Crippen molar-refractivity contribution in [2.24, 2.45) is 0 Å². The van der Waals surface area contributed by atoms with E-state index in [0.717, 1.165) is 32.1 Å². The van der Waals surface area contributed by atoms with E-state index < -0.39 is 0 Å². The summed E-state index contributed by atoms with van der Waals surface area (Å²) in [5.74, 6) is 0. The molecule has 1 N–H and O–H groups in total. The molecule has 0 rings (SSSR count). The molecule has 0 saturated heterocycles. The Bertz CT molecular complexity index is 390. The summed E-state index contributed by atoms with van der Waals surface area (Å²) in [5, 5.41) is 8.80. The summed E-state index contributed by atoms with van der Waals surface area (Å²) < 4.78 is 0. The van der Waals surface area contributed by atoms with Gasteiger partial charge in [-0.25, -0.2) is 0 Å². The van der Waals surface area contributed by atoms with Crippen molar-refractivity contribution in [2.75, 3.05) is 6.61 Å². The van der Waals surface area contributed by atoms with E-state index >= 15 is 0 Å². The predicted molar refractivity (Wildman–Crippen MR) is 95.5 cm³/mol. The van der Waals surface area contributed by atoms with Crippen molar-refractivity contribution in [3.63, 3.8) is 0 Å². The Kier molecular flexibility index (Phi) is 12.0. The van der Waals surface area contributed by atoms with Crippen LogP contribution in [0.15, 0.2) is 46.6 Å². The van der Waals surface area contributed by atoms with Gasteiger partial charge in [0.2, 0.25) is 0 Å².